The molecule has 0 aromatic rings. The SMILES string of the molecule is CNC(=O)N(C)OS(=O)(=O)ON(C)C(=O)NC. The van der Waals surface area contributed by atoms with Crippen molar-refractivity contribution in [2.45, 2.75) is 0 Å². The molecule has 0 heterocycles. The van der Waals surface area contributed by atoms with E-state index >= 15 is 0 Å². The van der Waals surface area contributed by atoms with E-state index in [2.05, 4.69) is 19.2 Å². The minimum absolute atomic E-state index is 0.396. The summed E-state index contributed by atoms with van der Waals surface area (Å²) in [6, 6.07) is -1.61. The van der Waals surface area contributed by atoms with Crippen LogP contribution in [0.1, 0.15) is 0 Å². The Labute approximate surface area is 98.7 Å². The Bertz CT molecular complexity index is 352. The van der Waals surface area contributed by atoms with Gasteiger partial charge in [-0.2, -0.15) is 18.5 Å². The Morgan fingerprint density at radius 1 is 0.941 bits per heavy atom. The summed E-state index contributed by atoms with van der Waals surface area (Å²) in [5.41, 5.74) is 0. The quantitative estimate of drug-likeness (QED) is 0.609. The third-order valence-corrected chi connectivity index (χ3v) is 2.22. The van der Waals surface area contributed by atoms with E-state index in [1.165, 1.54) is 14.1 Å². The molecule has 100 valence electrons. The van der Waals surface area contributed by atoms with Gasteiger partial charge in [0, 0.05) is 28.2 Å². The van der Waals surface area contributed by atoms with Gasteiger partial charge >= 0.3 is 22.5 Å². The number of carbonyl (C=O) groups is 2. The molecule has 0 rings (SSSR count). The highest BCUT2D eigenvalue weighted by Gasteiger charge is 2.24. The molecule has 0 bridgehead atoms. The van der Waals surface area contributed by atoms with Gasteiger partial charge in [0.1, 0.15) is 0 Å². The number of urea groups is 2. The monoisotopic (exact) mass is 270 g/mol. The van der Waals surface area contributed by atoms with Gasteiger partial charge < -0.3 is 10.6 Å². The van der Waals surface area contributed by atoms with Crippen LogP contribution >= 0.6 is 0 Å². The van der Waals surface area contributed by atoms with Crippen LogP contribution in [0, 0.1) is 0 Å². The van der Waals surface area contributed by atoms with Crippen LogP contribution in [0.25, 0.3) is 0 Å². The molecule has 0 spiro atoms. The van der Waals surface area contributed by atoms with Gasteiger partial charge in [0.05, 0.1) is 0 Å². The van der Waals surface area contributed by atoms with Crippen LogP contribution in [0.5, 0.6) is 0 Å². The van der Waals surface area contributed by atoms with Crippen molar-refractivity contribution in [2.75, 3.05) is 28.2 Å². The second-order valence-corrected chi connectivity index (χ2v) is 3.78. The van der Waals surface area contributed by atoms with Gasteiger partial charge in [-0.25, -0.2) is 9.59 Å². The van der Waals surface area contributed by atoms with Gasteiger partial charge in [-0.15, -0.1) is 8.57 Å². The zero-order valence-electron chi connectivity index (χ0n) is 9.75. The summed E-state index contributed by atoms with van der Waals surface area (Å²) in [7, 11) is 0.118. The molecule has 0 saturated heterocycles. The highest BCUT2D eigenvalue weighted by atomic mass is 32.3. The smallest absolute Gasteiger partial charge is 0.339 e. The van der Waals surface area contributed by atoms with Crippen molar-refractivity contribution in [3.8, 4) is 0 Å². The van der Waals surface area contributed by atoms with Crippen molar-refractivity contribution in [1.82, 2.24) is 20.8 Å². The van der Waals surface area contributed by atoms with E-state index in [1.54, 1.807) is 0 Å². The van der Waals surface area contributed by atoms with Crippen molar-refractivity contribution in [1.29, 1.82) is 0 Å². The number of nitrogens with one attached hydrogen (secondary N) is 2. The molecule has 11 heteroatoms. The summed E-state index contributed by atoms with van der Waals surface area (Å²) >= 11 is 0. The number of hydrogen-bond acceptors (Lipinski definition) is 6. The largest absolute Gasteiger partial charge is 0.442 e. The lowest BCUT2D eigenvalue weighted by Crippen LogP contribution is -2.41. The maximum absolute atomic E-state index is 11.2. The molecule has 0 unspecified atom stereocenters. The minimum Gasteiger partial charge on any atom is -0.339 e. The van der Waals surface area contributed by atoms with Gasteiger partial charge in [-0.3, -0.25) is 0 Å². The van der Waals surface area contributed by atoms with Crippen LogP contribution in [-0.4, -0.2) is 58.8 Å². The summed E-state index contributed by atoms with van der Waals surface area (Å²) in [6.45, 7) is 0. The zero-order chi connectivity index (χ0) is 13.6. The molecule has 0 saturated carbocycles. The summed E-state index contributed by atoms with van der Waals surface area (Å²) in [5.74, 6) is 0. The summed E-state index contributed by atoms with van der Waals surface area (Å²) in [4.78, 5) is 21.9. The second kappa shape index (κ2) is 6.22. The minimum atomic E-state index is -4.56. The Morgan fingerprint density at radius 3 is 1.47 bits per heavy atom. The van der Waals surface area contributed by atoms with Crippen molar-refractivity contribution in [2.24, 2.45) is 0 Å². The Morgan fingerprint density at radius 2 is 1.24 bits per heavy atom. The summed E-state index contributed by atoms with van der Waals surface area (Å²) < 4.78 is 30.8. The van der Waals surface area contributed by atoms with Crippen molar-refractivity contribution in [3.05, 3.63) is 0 Å². The maximum atomic E-state index is 11.2. The van der Waals surface area contributed by atoms with Gasteiger partial charge in [0.2, 0.25) is 0 Å². The molecule has 17 heavy (non-hydrogen) atoms. The molecule has 2 N–H and O–H groups in total. The van der Waals surface area contributed by atoms with E-state index in [0.29, 0.717) is 10.1 Å². The lowest BCUT2D eigenvalue weighted by Gasteiger charge is -2.18. The van der Waals surface area contributed by atoms with Gasteiger partial charge in [0.25, 0.3) is 0 Å². The number of hydrogen-bond donors (Lipinski definition) is 2. The normalized spacial score (nSPS) is 10.6. The first-order valence-electron chi connectivity index (χ1n) is 4.28. The topological polar surface area (TPSA) is 117 Å². The van der Waals surface area contributed by atoms with E-state index in [0.717, 1.165) is 14.1 Å². The molecule has 0 aromatic heterocycles. The molecule has 0 aliphatic carbocycles. The first kappa shape index (κ1) is 15.4. The number of hydroxylamine groups is 4. The lowest BCUT2D eigenvalue weighted by atomic mass is 10.9. The Kier molecular flexibility index (Phi) is 5.64. The lowest BCUT2D eigenvalue weighted by molar-refractivity contribution is -0.0472. The zero-order valence-corrected chi connectivity index (χ0v) is 10.6. The third kappa shape index (κ3) is 5.33. The van der Waals surface area contributed by atoms with Crippen LogP contribution in [0.4, 0.5) is 9.59 Å². The fraction of sp³-hybridized carbons (Fsp3) is 0.667. The van der Waals surface area contributed by atoms with Crippen LogP contribution in [0.2, 0.25) is 0 Å². The number of rotatable bonds is 4. The maximum Gasteiger partial charge on any atom is 0.442 e. The number of amides is 4. The average molecular weight is 270 g/mol. The molecule has 0 aromatic carbocycles. The van der Waals surface area contributed by atoms with Crippen molar-refractivity contribution < 1.29 is 26.6 Å². The van der Waals surface area contributed by atoms with E-state index in [1.807, 2.05) is 0 Å². The molecule has 0 atom stereocenters. The van der Waals surface area contributed by atoms with Gasteiger partial charge in [0.15, 0.2) is 0 Å². The molecule has 0 radical (unpaired) electrons. The number of nitrogens with zero attached hydrogens (tertiary/aromatic N) is 2. The predicted molar refractivity (Wildman–Crippen MR) is 55.5 cm³/mol. The fourth-order valence-corrected chi connectivity index (χ4v) is 1.38. The van der Waals surface area contributed by atoms with Crippen LogP contribution in [0.15, 0.2) is 0 Å². The Hall–Kier alpha value is -1.59. The van der Waals surface area contributed by atoms with Crippen LogP contribution < -0.4 is 10.6 Å². The highest BCUT2D eigenvalue weighted by molar-refractivity contribution is 7.81. The molecule has 0 aliphatic rings. The third-order valence-electron chi connectivity index (χ3n) is 1.41. The highest BCUT2D eigenvalue weighted by Crippen LogP contribution is 2.02. The summed E-state index contributed by atoms with van der Waals surface area (Å²) in [6.07, 6.45) is 0. The molecule has 10 nitrogen and oxygen atoms in total. The average Bonchev–Trinajstić information content (AvgIpc) is 2.25. The summed E-state index contributed by atoms with van der Waals surface area (Å²) in [5, 5.41) is 5.04. The van der Waals surface area contributed by atoms with E-state index in [4.69, 9.17) is 0 Å². The van der Waals surface area contributed by atoms with Gasteiger partial charge in [-0.05, 0) is 0 Å². The molecular weight excluding hydrogens is 256 g/mol. The molecular formula is C6H14N4O6S. The van der Waals surface area contributed by atoms with Crippen molar-refractivity contribution >= 4 is 22.5 Å². The van der Waals surface area contributed by atoms with Crippen molar-refractivity contribution in [3.63, 3.8) is 0 Å². The van der Waals surface area contributed by atoms with Gasteiger partial charge in [-0.1, -0.05) is 0 Å². The fourth-order valence-electron chi connectivity index (χ4n) is 0.670. The molecule has 0 fully saturated rings. The van der Waals surface area contributed by atoms with E-state index in [-0.39, 0.29) is 0 Å². The van der Waals surface area contributed by atoms with E-state index in [9.17, 15) is 18.0 Å². The van der Waals surface area contributed by atoms with Crippen LogP contribution in [-0.2, 0) is 19.0 Å². The Balaban J connectivity index is 4.50. The number of carbonyl (C=O) groups excluding carboxylic acids is 2. The standard InChI is InChI=1S/C6H14N4O6S/c1-7-5(11)9(3)15-17(13,14)16-10(4)6(12)8-2/h1-4H3,(H,7,11)(H,8,12). The first-order chi connectivity index (χ1) is 7.73. The second-order valence-electron chi connectivity index (χ2n) is 2.66. The predicted octanol–water partition coefficient (Wildman–Crippen LogP) is -1.36. The molecule has 4 amide bonds. The van der Waals surface area contributed by atoms with Crippen LogP contribution in [0.3, 0.4) is 0 Å². The van der Waals surface area contributed by atoms with E-state index < -0.39 is 22.5 Å². The molecule has 0 aliphatic heterocycles. The first-order valence-corrected chi connectivity index (χ1v) is 5.62.